The van der Waals surface area contributed by atoms with Crippen molar-refractivity contribution >= 4 is 6.29 Å². The van der Waals surface area contributed by atoms with Crippen molar-refractivity contribution in [3.05, 3.63) is 0 Å². The summed E-state index contributed by atoms with van der Waals surface area (Å²) in [5.74, 6) is 0.368. The number of rotatable bonds is 1. The summed E-state index contributed by atoms with van der Waals surface area (Å²) in [6.45, 7) is 8.73. The average Bonchev–Trinajstić information content (AvgIpc) is 2.14. The zero-order valence-corrected chi connectivity index (χ0v) is 11.6. The van der Waals surface area contributed by atoms with Gasteiger partial charge in [0.2, 0.25) is 0 Å². The summed E-state index contributed by atoms with van der Waals surface area (Å²) in [5, 5.41) is 10.5. The summed E-state index contributed by atoms with van der Waals surface area (Å²) < 4.78 is 0. The first-order valence-corrected chi connectivity index (χ1v) is 6.92. The van der Waals surface area contributed by atoms with Gasteiger partial charge in [0.05, 0.1) is 5.60 Å². The molecule has 0 saturated heterocycles. The van der Waals surface area contributed by atoms with Crippen LogP contribution in [0.15, 0.2) is 0 Å². The summed E-state index contributed by atoms with van der Waals surface area (Å²) in [7, 11) is 0. The average molecular weight is 238 g/mol. The number of fused-ring (bicyclic) bond motifs is 1. The Balaban J connectivity index is 2.40. The standard InChI is InChI=1S/C15H26O2/c1-13(2)7-5-8-14(3)11(13)6-9-15(4,17)12(14)10-16/h10-12,17H,5-9H2,1-4H3/t11?,12-,14+,15-/m1/s1. The van der Waals surface area contributed by atoms with Gasteiger partial charge in [0.1, 0.15) is 6.29 Å². The number of aldehydes is 1. The van der Waals surface area contributed by atoms with Crippen molar-refractivity contribution < 1.29 is 9.90 Å². The largest absolute Gasteiger partial charge is 0.389 e. The normalized spacial score (nSPS) is 49.5. The molecule has 17 heavy (non-hydrogen) atoms. The van der Waals surface area contributed by atoms with Gasteiger partial charge in [-0.25, -0.2) is 0 Å². The molecule has 2 aliphatic carbocycles. The second-order valence-corrected chi connectivity index (χ2v) is 7.41. The summed E-state index contributed by atoms with van der Waals surface area (Å²) in [4.78, 5) is 11.5. The van der Waals surface area contributed by atoms with Crippen molar-refractivity contribution in [1.29, 1.82) is 0 Å². The van der Waals surface area contributed by atoms with Crippen molar-refractivity contribution in [2.24, 2.45) is 22.7 Å². The Morgan fingerprint density at radius 3 is 2.35 bits per heavy atom. The van der Waals surface area contributed by atoms with Crippen LogP contribution in [0.4, 0.5) is 0 Å². The molecule has 0 bridgehead atoms. The minimum Gasteiger partial charge on any atom is -0.389 e. The molecule has 0 amide bonds. The number of hydrogen-bond acceptors (Lipinski definition) is 2. The first-order valence-electron chi connectivity index (χ1n) is 6.92. The first-order chi connectivity index (χ1) is 7.74. The highest BCUT2D eigenvalue weighted by Crippen LogP contribution is 2.61. The van der Waals surface area contributed by atoms with Gasteiger partial charge < -0.3 is 9.90 Å². The van der Waals surface area contributed by atoms with Gasteiger partial charge in [-0.15, -0.1) is 0 Å². The fourth-order valence-corrected chi connectivity index (χ4v) is 4.86. The molecule has 0 aromatic carbocycles. The van der Waals surface area contributed by atoms with Crippen LogP contribution < -0.4 is 0 Å². The Hall–Kier alpha value is -0.370. The van der Waals surface area contributed by atoms with E-state index in [0.717, 1.165) is 25.5 Å². The molecule has 98 valence electrons. The second-order valence-electron chi connectivity index (χ2n) is 7.41. The van der Waals surface area contributed by atoms with Crippen LogP contribution in [0.25, 0.3) is 0 Å². The Morgan fingerprint density at radius 2 is 1.76 bits per heavy atom. The van der Waals surface area contributed by atoms with Gasteiger partial charge in [-0.1, -0.05) is 27.2 Å². The van der Waals surface area contributed by atoms with E-state index in [2.05, 4.69) is 20.8 Å². The fraction of sp³-hybridized carbons (Fsp3) is 0.933. The van der Waals surface area contributed by atoms with Crippen LogP contribution >= 0.6 is 0 Å². The summed E-state index contributed by atoms with van der Waals surface area (Å²) >= 11 is 0. The van der Waals surface area contributed by atoms with Crippen molar-refractivity contribution in [2.75, 3.05) is 0 Å². The molecule has 0 aliphatic heterocycles. The van der Waals surface area contributed by atoms with Gasteiger partial charge in [-0.3, -0.25) is 0 Å². The van der Waals surface area contributed by atoms with Crippen molar-refractivity contribution in [3.8, 4) is 0 Å². The molecule has 0 spiro atoms. The smallest absolute Gasteiger partial charge is 0.126 e. The monoisotopic (exact) mass is 238 g/mol. The number of aliphatic hydroxyl groups is 1. The van der Waals surface area contributed by atoms with Gasteiger partial charge in [0.25, 0.3) is 0 Å². The van der Waals surface area contributed by atoms with Crippen molar-refractivity contribution in [2.45, 2.75) is 65.4 Å². The Kier molecular flexibility index (Phi) is 2.93. The number of hydrogen-bond donors (Lipinski definition) is 1. The predicted octanol–water partition coefficient (Wildman–Crippen LogP) is 3.18. The third-order valence-corrected chi connectivity index (χ3v) is 5.73. The lowest BCUT2D eigenvalue weighted by molar-refractivity contribution is -0.169. The molecule has 0 radical (unpaired) electrons. The fourth-order valence-electron chi connectivity index (χ4n) is 4.86. The molecule has 0 aromatic heterocycles. The molecule has 0 aromatic rings. The van der Waals surface area contributed by atoms with E-state index in [-0.39, 0.29) is 11.3 Å². The summed E-state index contributed by atoms with van der Waals surface area (Å²) in [6, 6.07) is 0. The van der Waals surface area contributed by atoms with Crippen LogP contribution in [0, 0.1) is 22.7 Å². The third kappa shape index (κ3) is 1.85. The zero-order chi connectivity index (χ0) is 12.9. The Morgan fingerprint density at radius 1 is 1.12 bits per heavy atom. The SMILES string of the molecule is CC1(C)CCC[C@@]2(C)C1CC[C@@](C)(O)[C@@H]2C=O. The van der Waals surface area contributed by atoms with E-state index in [9.17, 15) is 9.90 Å². The summed E-state index contributed by atoms with van der Waals surface area (Å²) in [5.41, 5.74) is -0.504. The van der Waals surface area contributed by atoms with Crippen LogP contribution in [-0.2, 0) is 4.79 Å². The van der Waals surface area contributed by atoms with Gasteiger partial charge in [0.15, 0.2) is 0 Å². The van der Waals surface area contributed by atoms with Gasteiger partial charge in [-0.2, -0.15) is 0 Å². The van der Waals surface area contributed by atoms with Crippen LogP contribution in [0.2, 0.25) is 0 Å². The van der Waals surface area contributed by atoms with Crippen LogP contribution in [0.5, 0.6) is 0 Å². The lowest BCUT2D eigenvalue weighted by Crippen LogP contribution is -2.58. The second kappa shape index (κ2) is 3.81. The maximum Gasteiger partial charge on any atom is 0.126 e. The highest BCUT2D eigenvalue weighted by atomic mass is 16.3. The van der Waals surface area contributed by atoms with Gasteiger partial charge in [-0.05, 0) is 49.4 Å². The lowest BCUT2D eigenvalue weighted by atomic mass is 9.46. The molecule has 0 heterocycles. The molecule has 2 nitrogen and oxygen atoms in total. The maximum absolute atomic E-state index is 11.5. The third-order valence-electron chi connectivity index (χ3n) is 5.73. The minimum atomic E-state index is -0.805. The van der Waals surface area contributed by atoms with Crippen molar-refractivity contribution in [1.82, 2.24) is 0 Å². The molecule has 2 aliphatic rings. The van der Waals surface area contributed by atoms with Crippen molar-refractivity contribution in [3.63, 3.8) is 0 Å². The molecule has 4 atom stereocenters. The van der Waals surface area contributed by atoms with E-state index in [1.807, 2.05) is 6.92 Å². The Bertz CT molecular complexity index is 319. The summed E-state index contributed by atoms with van der Waals surface area (Å²) in [6.07, 6.45) is 6.36. The molecule has 2 rings (SSSR count). The number of carbonyl (C=O) groups excluding carboxylic acids is 1. The van der Waals surface area contributed by atoms with Crippen LogP contribution in [-0.4, -0.2) is 17.0 Å². The van der Waals surface area contributed by atoms with Gasteiger partial charge in [0, 0.05) is 5.92 Å². The van der Waals surface area contributed by atoms with Crippen LogP contribution in [0.1, 0.15) is 59.8 Å². The van der Waals surface area contributed by atoms with E-state index in [0.29, 0.717) is 11.3 Å². The molecular formula is C15H26O2. The highest BCUT2D eigenvalue weighted by molar-refractivity contribution is 5.58. The number of carbonyl (C=O) groups is 1. The van der Waals surface area contributed by atoms with E-state index in [1.54, 1.807) is 0 Å². The van der Waals surface area contributed by atoms with E-state index in [1.165, 1.54) is 12.8 Å². The van der Waals surface area contributed by atoms with E-state index in [4.69, 9.17) is 0 Å². The maximum atomic E-state index is 11.5. The molecule has 1 unspecified atom stereocenters. The van der Waals surface area contributed by atoms with E-state index >= 15 is 0 Å². The molecular weight excluding hydrogens is 212 g/mol. The predicted molar refractivity (Wildman–Crippen MR) is 68.6 cm³/mol. The lowest BCUT2D eigenvalue weighted by Gasteiger charge is -2.59. The molecule has 2 fully saturated rings. The topological polar surface area (TPSA) is 37.3 Å². The Labute approximate surface area is 105 Å². The minimum absolute atomic E-state index is 0.00868. The molecule has 2 saturated carbocycles. The van der Waals surface area contributed by atoms with Crippen LogP contribution in [0.3, 0.4) is 0 Å². The zero-order valence-electron chi connectivity index (χ0n) is 11.6. The van der Waals surface area contributed by atoms with E-state index < -0.39 is 5.60 Å². The molecule has 1 N–H and O–H groups in total. The molecule has 2 heteroatoms. The van der Waals surface area contributed by atoms with Gasteiger partial charge >= 0.3 is 0 Å². The highest BCUT2D eigenvalue weighted by Gasteiger charge is 2.57. The quantitative estimate of drug-likeness (QED) is 0.712. The first kappa shape index (κ1) is 13.1.